The molecule has 4 rings (SSSR count). The van der Waals surface area contributed by atoms with Crippen LogP contribution in [0.5, 0.6) is 0 Å². The quantitative estimate of drug-likeness (QED) is 0.588. The number of hydrogen-bond donors (Lipinski definition) is 1. The van der Waals surface area contributed by atoms with Crippen LogP contribution < -0.4 is 9.62 Å². The molecule has 6 nitrogen and oxygen atoms in total. The van der Waals surface area contributed by atoms with E-state index >= 15 is 0 Å². The van der Waals surface area contributed by atoms with Gasteiger partial charge >= 0.3 is 0 Å². The number of nitrogens with zero attached hydrogens (tertiary/aromatic N) is 2. The van der Waals surface area contributed by atoms with E-state index in [0.29, 0.717) is 27.7 Å². The van der Waals surface area contributed by atoms with E-state index in [1.54, 1.807) is 23.7 Å². The van der Waals surface area contributed by atoms with Gasteiger partial charge in [0, 0.05) is 19.2 Å². The van der Waals surface area contributed by atoms with Crippen LogP contribution in [0.15, 0.2) is 40.1 Å². The van der Waals surface area contributed by atoms with Gasteiger partial charge in [-0.3, -0.25) is 9.10 Å². The van der Waals surface area contributed by atoms with Crippen LogP contribution in [-0.2, 0) is 16.4 Å². The number of aromatic nitrogens is 1. The van der Waals surface area contributed by atoms with Gasteiger partial charge in [0.15, 0.2) is 6.29 Å². The van der Waals surface area contributed by atoms with E-state index in [9.17, 15) is 13.2 Å². The molecule has 146 valence electrons. The summed E-state index contributed by atoms with van der Waals surface area (Å²) in [5, 5.41) is 6.05. The molecule has 1 aliphatic heterocycles. The minimum absolute atomic E-state index is 0.0725. The summed E-state index contributed by atoms with van der Waals surface area (Å²) >= 11 is 2.57. The van der Waals surface area contributed by atoms with Crippen LogP contribution in [0, 0.1) is 6.92 Å². The number of nitrogens with one attached hydrogen (secondary N) is 1. The number of thiophene rings is 1. The number of carbonyl (C=O) groups is 1. The molecule has 1 aromatic carbocycles. The Kier molecular flexibility index (Phi) is 4.98. The van der Waals surface area contributed by atoms with Gasteiger partial charge in [0.25, 0.3) is 10.0 Å². The summed E-state index contributed by atoms with van der Waals surface area (Å²) in [6.45, 7) is 4.19. The van der Waals surface area contributed by atoms with E-state index in [-0.39, 0.29) is 6.04 Å². The summed E-state index contributed by atoms with van der Waals surface area (Å²) in [6.07, 6.45) is 3.08. The van der Waals surface area contributed by atoms with Crippen molar-refractivity contribution in [2.75, 3.05) is 16.2 Å². The minimum atomic E-state index is -3.62. The van der Waals surface area contributed by atoms with Gasteiger partial charge in [-0.1, -0.05) is 12.1 Å². The maximum absolute atomic E-state index is 13.2. The van der Waals surface area contributed by atoms with E-state index in [2.05, 4.69) is 10.3 Å². The Labute approximate surface area is 171 Å². The lowest BCUT2D eigenvalue weighted by atomic mass is 10.0. The molecule has 9 heteroatoms. The highest BCUT2D eigenvalue weighted by atomic mass is 32.2. The molecule has 3 aromatic rings. The van der Waals surface area contributed by atoms with Gasteiger partial charge in [0.1, 0.15) is 9.22 Å². The fourth-order valence-electron chi connectivity index (χ4n) is 3.45. The average Bonchev–Trinajstić information content (AvgIpc) is 3.43. The van der Waals surface area contributed by atoms with Gasteiger partial charge in [0.2, 0.25) is 0 Å². The molecule has 28 heavy (non-hydrogen) atoms. The lowest BCUT2D eigenvalue weighted by Crippen LogP contribution is -2.30. The Bertz CT molecular complexity index is 1120. The lowest BCUT2D eigenvalue weighted by Gasteiger charge is -2.25. The van der Waals surface area contributed by atoms with Crippen molar-refractivity contribution < 1.29 is 13.2 Å². The second-order valence-electron chi connectivity index (χ2n) is 6.48. The minimum Gasteiger partial charge on any atom is -0.374 e. The summed E-state index contributed by atoms with van der Waals surface area (Å²) in [5.41, 5.74) is 3.66. The predicted octanol–water partition coefficient (Wildman–Crippen LogP) is 4.25. The monoisotopic (exact) mass is 433 g/mol. The third kappa shape index (κ3) is 3.13. The molecule has 0 radical (unpaired) electrons. The highest BCUT2D eigenvalue weighted by Crippen LogP contribution is 2.44. The van der Waals surface area contributed by atoms with E-state index in [1.165, 1.54) is 27.0 Å². The van der Waals surface area contributed by atoms with Gasteiger partial charge in [-0.25, -0.2) is 13.4 Å². The van der Waals surface area contributed by atoms with E-state index < -0.39 is 10.0 Å². The largest absolute Gasteiger partial charge is 0.374 e. The van der Waals surface area contributed by atoms with Gasteiger partial charge in [-0.15, -0.1) is 22.7 Å². The smallest absolute Gasteiger partial charge is 0.273 e. The molecule has 1 unspecified atom stereocenters. The topological polar surface area (TPSA) is 79.4 Å². The maximum Gasteiger partial charge on any atom is 0.273 e. The average molecular weight is 434 g/mol. The Hall–Kier alpha value is -2.23. The molecule has 0 saturated heterocycles. The van der Waals surface area contributed by atoms with E-state index in [1.807, 2.05) is 26.0 Å². The molecular formula is C19H19N3O3S3. The summed E-state index contributed by atoms with van der Waals surface area (Å²) in [5.74, 6) is 0. The number of rotatable bonds is 6. The Morgan fingerprint density at radius 3 is 2.82 bits per heavy atom. The van der Waals surface area contributed by atoms with Crippen molar-refractivity contribution >= 4 is 50.4 Å². The van der Waals surface area contributed by atoms with Crippen molar-refractivity contribution in [3.8, 4) is 0 Å². The molecule has 1 N–H and O–H groups in total. The van der Waals surface area contributed by atoms with Crippen LogP contribution >= 0.6 is 22.7 Å². The molecule has 2 aromatic heterocycles. The highest BCUT2D eigenvalue weighted by molar-refractivity contribution is 7.94. The zero-order valence-corrected chi connectivity index (χ0v) is 17.8. The van der Waals surface area contributed by atoms with Gasteiger partial charge < -0.3 is 5.32 Å². The Morgan fingerprint density at radius 2 is 2.18 bits per heavy atom. The number of anilines is 2. The molecule has 1 aliphatic rings. The van der Waals surface area contributed by atoms with Crippen LogP contribution in [0.3, 0.4) is 0 Å². The Morgan fingerprint density at radius 1 is 1.36 bits per heavy atom. The first-order valence-corrected chi connectivity index (χ1v) is 12.0. The molecule has 0 aliphatic carbocycles. The van der Waals surface area contributed by atoms with Crippen molar-refractivity contribution in [3.63, 3.8) is 0 Å². The predicted molar refractivity (Wildman–Crippen MR) is 113 cm³/mol. The fraction of sp³-hybridized carbons (Fsp3) is 0.263. The number of benzene rings is 1. The number of aryl methyl sites for hydroxylation is 1. The molecule has 0 saturated carbocycles. The van der Waals surface area contributed by atoms with Crippen molar-refractivity contribution in [1.82, 2.24) is 4.98 Å². The summed E-state index contributed by atoms with van der Waals surface area (Å²) in [7, 11) is -3.62. The number of fused-ring (bicyclic) bond motifs is 1. The lowest BCUT2D eigenvalue weighted by molar-refractivity contribution is 0.112. The van der Waals surface area contributed by atoms with Crippen molar-refractivity contribution in [2.24, 2.45) is 0 Å². The molecule has 0 fully saturated rings. The van der Waals surface area contributed by atoms with Crippen molar-refractivity contribution in [3.05, 3.63) is 56.9 Å². The van der Waals surface area contributed by atoms with Gasteiger partial charge in [-0.2, -0.15) is 0 Å². The molecule has 0 spiro atoms. The second-order valence-corrected chi connectivity index (χ2v) is 10.6. The third-order valence-corrected chi connectivity index (χ3v) is 9.10. The number of sulfonamides is 1. The number of carbonyl (C=O) groups excluding carboxylic acids is 1. The van der Waals surface area contributed by atoms with Gasteiger partial charge in [-0.05, 0) is 42.5 Å². The summed E-state index contributed by atoms with van der Waals surface area (Å²) < 4.78 is 28.1. The zero-order valence-electron chi connectivity index (χ0n) is 15.4. The molecular weight excluding hydrogens is 414 g/mol. The van der Waals surface area contributed by atoms with E-state index in [4.69, 9.17) is 0 Å². The zero-order chi connectivity index (χ0) is 19.9. The molecule has 3 heterocycles. The molecule has 0 bridgehead atoms. The van der Waals surface area contributed by atoms with Crippen LogP contribution in [0.2, 0.25) is 0 Å². The normalized spacial score (nSPS) is 15.9. The van der Waals surface area contributed by atoms with Crippen molar-refractivity contribution in [2.45, 2.75) is 30.5 Å². The maximum atomic E-state index is 13.2. The second kappa shape index (κ2) is 7.31. The first-order chi connectivity index (χ1) is 13.5. The Balaban J connectivity index is 1.75. The molecule has 1 atom stereocenters. The van der Waals surface area contributed by atoms with Crippen LogP contribution in [0.25, 0.3) is 0 Å². The number of hydrogen-bond acceptors (Lipinski definition) is 7. The fourth-order valence-corrected chi connectivity index (χ4v) is 6.83. The van der Waals surface area contributed by atoms with Crippen LogP contribution in [-0.4, -0.2) is 26.2 Å². The van der Waals surface area contributed by atoms with Crippen molar-refractivity contribution in [1.29, 1.82) is 0 Å². The van der Waals surface area contributed by atoms with Crippen LogP contribution in [0.1, 0.15) is 38.8 Å². The number of thiazole rings is 1. The SMILES string of the molecule is CCN(c1ccc(C)c2c1NC(c1ncc(C=O)s1)C2)S(=O)(=O)c1cccs1. The highest BCUT2D eigenvalue weighted by Gasteiger charge is 2.33. The van der Waals surface area contributed by atoms with Gasteiger partial charge in [0.05, 0.1) is 22.3 Å². The van der Waals surface area contributed by atoms with E-state index in [0.717, 1.165) is 28.1 Å². The summed E-state index contributed by atoms with van der Waals surface area (Å²) in [4.78, 5) is 15.9. The number of aldehydes is 1. The third-order valence-electron chi connectivity index (χ3n) is 4.80. The molecule has 0 amide bonds. The summed E-state index contributed by atoms with van der Waals surface area (Å²) in [6, 6.07) is 7.12. The first kappa shape index (κ1) is 19.1. The first-order valence-electron chi connectivity index (χ1n) is 8.82. The van der Waals surface area contributed by atoms with Crippen LogP contribution in [0.4, 0.5) is 11.4 Å². The standard InChI is InChI=1S/C19H19N3O3S3/c1-3-22(28(24,25)17-5-4-8-26-17)16-7-6-12(2)14-9-15(21-18(14)16)19-20-10-13(11-23)27-19/h4-8,10-11,15,21H,3,9H2,1-2H3.